The van der Waals surface area contributed by atoms with Crippen LogP contribution >= 0.6 is 11.3 Å². The van der Waals surface area contributed by atoms with E-state index in [0.717, 1.165) is 16.0 Å². The average Bonchev–Trinajstić information content (AvgIpc) is 2.86. The summed E-state index contributed by atoms with van der Waals surface area (Å²) in [7, 11) is -3.45. The van der Waals surface area contributed by atoms with Gasteiger partial charge in [0.15, 0.2) is 0 Å². The second kappa shape index (κ2) is 5.83. The fraction of sp³-hybridized carbons (Fsp3) is 0.231. The van der Waals surface area contributed by atoms with Crippen molar-refractivity contribution in [3.63, 3.8) is 0 Å². The first-order valence-electron chi connectivity index (χ1n) is 5.85. The third-order valence-corrected chi connectivity index (χ3v) is 5.65. The minimum absolute atomic E-state index is 0.292. The van der Waals surface area contributed by atoms with Crippen molar-refractivity contribution in [1.29, 1.82) is 0 Å². The van der Waals surface area contributed by atoms with E-state index in [2.05, 4.69) is 4.72 Å². The Hall–Kier alpha value is -1.21. The smallest absolute Gasteiger partial charge is 0.250 e. The minimum atomic E-state index is -3.45. The normalized spacial score (nSPS) is 11.7. The summed E-state index contributed by atoms with van der Waals surface area (Å²) in [6.45, 7) is 2.63. The molecule has 19 heavy (non-hydrogen) atoms. The van der Waals surface area contributed by atoms with Crippen LogP contribution in [0.1, 0.15) is 16.0 Å². The van der Waals surface area contributed by atoms with Gasteiger partial charge in [-0.1, -0.05) is 29.8 Å². The maximum Gasteiger partial charge on any atom is 0.250 e. The summed E-state index contributed by atoms with van der Waals surface area (Å²) in [5, 5.41) is 0. The molecule has 4 nitrogen and oxygen atoms in total. The molecular weight excluding hydrogens is 280 g/mol. The first kappa shape index (κ1) is 14.2. The van der Waals surface area contributed by atoms with E-state index in [1.54, 1.807) is 12.1 Å². The Bertz CT molecular complexity index is 663. The van der Waals surface area contributed by atoms with E-state index in [-0.39, 0.29) is 0 Å². The summed E-state index contributed by atoms with van der Waals surface area (Å²) < 4.78 is 27.1. The van der Waals surface area contributed by atoms with Crippen LogP contribution in [-0.2, 0) is 23.1 Å². The van der Waals surface area contributed by atoms with Crippen LogP contribution in [0.25, 0.3) is 0 Å². The second-order valence-corrected chi connectivity index (χ2v) is 7.40. The van der Waals surface area contributed by atoms with Gasteiger partial charge < -0.3 is 5.73 Å². The molecule has 0 saturated heterocycles. The summed E-state index contributed by atoms with van der Waals surface area (Å²) >= 11 is 1.20. The summed E-state index contributed by atoms with van der Waals surface area (Å²) in [5.74, 6) is 0. The lowest BCUT2D eigenvalue weighted by Gasteiger charge is -2.05. The number of nitrogens with one attached hydrogen (secondary N) is 1. The summed E-state index contributed by atoms with van der Waals surface area (Å²) in [4.78, 5) is 0.857. The zero-order chi connectivity index (χ0) is 13.9. The molecule has 0 bridgehead atoms. The van der Waals surface area contributed by atoms with Crippen molar-refractivity contribution in [3.8, 4) is 0 Å². The van der Waals surface area contributed by atoms with Crippen molar-refractivity contribution < 1.29 is 8.42 Å². The predicted molar refractivity (Wildman–Crippen MR) is 77.4 cm³/mol. The third-order valence-electron chi connectivity index (χ3n) is 2.65. The zero-order valence-corrected chi connectivity index (χ0v) is 12.2. The second-order valence-electron chi connectivity index (χ2n) is 4.24. The van der Waals surface area contributed by atoms with Gasteiger partial charge in [-0.15, -0.1) is 11.3 Å². The Morgan fingerprint density at radius 3 is 2.68 bits per heavy atom. The monoisotopic (exact) mass is 296 g/mol. The van der Waals surface area contributed by atoms with Crippen LogP contribution in [0.5, 0.6) is 0 Å². The van der Waals surface area contributed by atoms with E-state index in [0.29, 0.717) is 17.3 Å². The van der Waals surface area contributed by atoms with Crippen molar-refractivity contribution in [2.24, 2.45) is 5.73 Å². The summed E-state index contributed by atoms with van der Waals surface area (Å²) in [5.41, 5.74) is 7.54. The molecule has 2 aromatic rings. The van der Waals surface area contributed by atoms with Gasteiger partial charge in [-0.2, -0.15) is 0 Å². The molecular formula is C13H16N2O2S2. The van der Waals surface area contributed by atoms with Gasteiger partial charge in [0.25, 0.3) is 0 Å². The average molecular weight is 296 g/mol. The maximum atomic E-state index is 12.1. The number of thiophene rings is 1. The molecule has 0 fully saturated rings. The Kier molecular flexibility index (Phi) is 4.36. The first-order chi connectivity index (χ1) is 9.01. The Balaban J connectivity index is 2.09. The number of sulfonamides is 1. The highest BCUT2D eigenvalue weighted by atomic mass is 32.2. The van der Waals surface area contributed by atoms with E-state index in [9.17, 15) is 8.42 Å². The molecule has 1 heterocycles. The van der Waals surface area contributed by atoms with Gasteiger partial charge in [0.1, 0.15) is 4.21 Å². The number of hydrogen-bond donors (Lipinski definition) is 2. The lowest BCUT2D eigenvalue weighted by molar-refractivity contribution is 0.583. The molecule has 0 aliphatic carbocycles. The fourth-order valence-electron chi connectivity index (χ4n) is 1.68. The molecule has 0 atom stereocenters. The molecule has 0 unspecified atom stereocenters. The number of hydrogen-bond acceptors (Lipinski definition) is 4. The lowest BCUT2D eigenvalue weighted by Crippen LogP contribution is -2.22. The number of nitrogens with two attached hydrogens (primary N) is 1. The SMILES string of the molecule is Cc1cccc(CNS(=O)(=O)c2ccc(CN)s2)c1. The van der Waals surface area contributed by atoms with Gasteiger partial charge in [-0.05, 0) is 24.6 Å². The molecule has 102 valence electrons. The summed E-state index contributed by atoms with van der Waals surface area (Å²) in [6.07, 6.45) is 0. The quantitative estimate of drug-likeness (QED) is 0.886. The van der Waals surface area contributed by atoms with Crippen molar-refractivity contribution >= 4 is 21.4 Å². The molecule has 3 N–H and O–H groups in total. The predicted octanol–water partition coefficient (Wildman–Crippen LogP) is 1.99. The maximum absolute atomic E-state index is 12.1. The fourth-order valence-corrected chi connectivity index (χ4v) is 3.98. The molecule has 1 aromatic carbocycles. The van der Waals surface area contributed by atoms with Crippen molar-refractivity contribution in [1.82, 2.24) is 4.72 Å². The zero-order valence-electron chi connectivity index (χ0n) is 10.6. The third kappa shape index (κ3) is 3.63. The Morgan fingerprint density at radius 2 is 2.05 bits per heavy atom. The van der Waals surface area contributed by atoms with E-state index >= 15 is 0 Å². The van der Waals surface area contributed by atoms with Gasteiger partial charge in [-0.3, -0.25) is 0 Å². The van der Waals surface area contributed by atoms with Crippen molar-refractivity contribution in [3.05, 3.63) is 52.4 Å². The van der Waals surface area contributed by atoms with Crippen molar-refractivity contribution in [2.75, 3.05) is 0 Å². The summed E-state index contributed by atoms with van der Waals surface area (Å²) in [6, 6.07) is 11.1. The number of benzene rings is 1. The highest BCUT2D eigenvalue weighted by Crippen LogP contribution is 2.21. The van der Waals surface area contributed by atoms with E-state index in [4.69, 9.17) is 5.73 Å². The molecule has 0 amide bonds. The number of aryl methyl sites for hydroxylation is 1. The van der Waals surface area contributed by atoms with Crippen LogP contribution in [0.3, 0.4) is 0 Å². The Morgan fingerprint density at radius 1 is 1.26 bits per heavy atom. The largest absolute Gasteiger partial charge is 0.326 e. The minimum Gasteiger partial charge on any atom is -0.326 e. The molecule has 6 heteroatoms. The lowest BCUT2D eigenvalue weighted by atomic mass is 10.1. The first-order valence-corrected chi connectivity index (χ1v) is 8.15. The molecule has 0 spiro atoms. The number of rotatable bonds is 5. The van der Waals surface area contributed by atoms with Gasteiger partial charge in [0.05, 0.1) is 0 Å². The highest BCUT2D eigenvalue weighted by molar-refractivity contribution is 7.91. The van der Waals surface area contributed by atoms with Crippen LogP contribution in [-0.4, -0.2) is 8.42 Å². The van der Waals surface area contributed by atoms with Gasteiger partial charge >= 0.3 is 0 Å². The molecule has 0 aliphatic rings. The standard InChI is InChI=1S/C13H16N2O2S2/c1-10-3-2-4-11(7-10)9-15-19(16,17)13-6-5-12(8-14)18-13/h2-7,15H,8-9,14H2,1H3. The van der Waals surface area contributed by atoms with Gasteiger partial charge in [-0.25, -0.2) is 13.1 Å². The molecule has 0 aliphatic heterocycles. The van der Waals surface area contributed by atoms with Crippen LogP contribution in [0.4, 0.5) is 0 Å². The van der Waals surface area contributed by atoms with Gasteiger partial charge in [0.2, 0.25) is 10.0 Å². The molecule has 0 radical (unpaired) electrons. The highest BCUT2D eigenvalue weighted by Gasteiger charge is 2.16. The topological polar surface area (TPSA) is 72.2 Å². The van der Waals surface area contributed by atoms with Crippen LogP contribution in [0.15, 0.2) is 40.6 Å². The van der Waals surface area contributed by atoms with Crippen LogP contribution < -0.4 is 10.5 Å². The molecule has 1 aromatic heterocycles. The Labute approximate surface area is 117 Å². The van der Waals surface area contributed by atoms with Crippen molar-refractivity contribution in [2.45, 2.75) is 24.2 Å². The van der Waals surface area contributed by atoms with Crippen LogP contribution in [0, 0.1) is 6.92 Å². The van der Waals surface area contributed by atoms with E-state index in [1.165, 1.54) is 11.3 Å². The molecule has 2 rings (SSSR count). The van der Waals surface area contributed by atoms with Crippen LogP contribution in [0.2, 0.25) is 0 Å². The van der Waals surface area contributed by atoms with E-state index < -0.39 is 10.0 Å². The van der Waals surface area contributed by atoms with E-state index in [1.807, 2.05) is 31.2 Å². The molecule has 0 saturated carbocycles. The van der Waals surface area contributed by atoms with Gasteiger partial charge in [0, 0.05) is 18.0 Å².